The molecule has 2 N–H and O–H groups in total. The third-order valence-corrected chi connectivity index (χ3v) is 4.36. The van der Waals surface area contributed by atoms with Crippen LogP contribution in [-0.4, -0.2) is 24.9 Å². The fraction of sp³-hybridized carbons (Fsp3) is 0.556. The van der Waals surface area contributed by atoms with Gasteiger partial charge in [-0.25, -0.2) is 0 Å². The fourth-order valence-electron chi connectivity index (χ4n) is 2.99. The Kier molecular flexibility index (Phi) is 5.22. The molecule has 1 aromatic carbocycles. The van der Waals surface area contributed by atoms with Gasteiger partial charge in [0, 0.05) is 19.0 Å². The molecule has 2 atom stereocenters. The summed E-state index contributed by atoms with van der Waals surface area (Å²) in [7, 11) is 0. The van der Waals surface area contributed by atoms with Crippen molar-refractivity contribution in [2.45, 2.75) is 33.6 Å². The molecule has 0 radical (unpaired) electrons. The Balaban J connectivity index is 1.82. The van der Waals surface area contributed by atoms with Crippen LogP contribution in [0.1, 0.15) is 32.8 Å². The molecule has 0 bridgehead atoms. The first kappa shape index (κ1) is 16.5. The zero-order chi connectivity index (χ0) is 16.2. The Labute approximate surface area is 132 Å². The SMILES string of the molecule is CC(C)(C)[C@H]1CNC(=O)[C@H]1C(=O)NCCCc1ccccc1. The number of amides is 2. The van der Waals surface area contributed by atoms with Crippen LogP contribution >= 0.6 is 0 Å². The summed E-state index contributed by atoms with van der Waals surface area (Å²) in [6.45, 7) is 7.42. The molecule has 2 rings (SSSR count). The summed E-state index contributed by atoms with van der Waals surface area (Å²) < 4.78 is 0. The lowest BCUT2D eigenvalue weighted by atomic mass is 9.74. The molecule has 0 unspecified atom stereocenters. The first-order valence-electron chi connectivity index (χ1n) is 7.99. The average molecular weight is 302 g/mol. The van der Waals surface area contributed by atoms with E-state index in [2.05, 4.69) is 43.5 Å². The van der Waals surface area contributed by atoms with Crippen LogP contribution in [0.5, 0.6) is 0 Å². The molecule has 4 heteroatoms. The maximum Gasteiger partial charge on any atom is 0.232 e. The van der Waals surface area contributed by atoms with Gasteiger partial charge in [0.1, 0.15) is 5.92 Å². The van der Waals surface area contributed by atoms with Gasteiger partial charge < -0.3 is 10.6 Å². The number of aryl methyl sites for hydroxylation is 1. The predicted molar refractivity (Wildman–Crippen MR) is 87.2 cm³/mol. The third-order valence-electron chi connectivity index (χ3n) is 4.36. The zero-order valence-corrected chi connectivity index (χ0v) is 13.7. The maximum absolute atomic E-state index is 12.4. The number of hydrogen-bond donors (Lipinski definition) is 2. The van der Waals surface area contributed by atoms with E-state index in [-0.39, 0.29) is 23.1 Å². The number of hydrogen-bond acceptors (Lipinski definition) is 2. The summed E-state index contributed by atoms with van der Waals surface area (Å²) in [5.41, 5.74) is 1.20. The van der Waals surface area contributed by atoms with Crippen LogP contribution < -0.4 is 10.6 Å². The van der Waals surface area contributed by atoms with Gasteiger partial charge in [-0.3, -0.25) is 9.59 Å². The summed E-state index contributed by atoms with van der Waals surface area (Å²) in [6.07, 6.45) is 1.81. The Morgan fingerprint density at radius 1 is 1.27 bits per heavy atom. The van der Waals surface area contributed by atoms with Crippen molar-refractivity contribution in [3.8, 4) is 0 Å². The number of benzene rings is 1. The number of rotatable bonds is 5. The molecular weight excluding hydrogens is 276 g/mol. The largest absolute Gasteiger partial charge is 0.355 e. The van der Waals surface area contributed by atoms with E-state index in [4.69, 9.17) is 0 Å². The van der Waals surface area contributed by atoms with E-state index >= 15 is 0 Å². The molecule has 120 valence electrons. The van der Waals surface area contributed by atoms with Gasteiger partial charge in [-0.05, 0) is 23.8 Å². The van der Waals surface area contributed by atoms with E-state index in [1.807, 2.05) is 18.2 Å². The van der Waals surface area contributed by atoms with E-state index < -0.39 is 5.92 Å². The minimum absolute atomic E-state index is 0.0501. The van der Waals surface area contributed by atoms with E-state index in [9.17, 15) is 9.59 Å². The summed E-state index contributed by atoms with van der Waals surface area (Å²) in [6, 6.07) is 10.2. The summed E-state index contributed by atoms with van der Waals surface area (Å²) in [4.78, 5) is 24.3. The Morgan fingerprint density at radius 2 is 1.95 bits per heavy atom. The smallest absolute Gasteiger partial charge is 0.232 e. The van der Waals surface area contributed by atoms with Gasteiger partial charge in [0.15, 0.2) is 0 Å². The molecule has 1 aliphatic rings. The fourth-order valence-corrected chi connectivity index (χ4v) is 2.99. The Hall–Kier alpha value is -1.84. The molecular formula is C18H26N2O2. The van der Waals surface area contributed by atoms with Crippen LogP contribution in [0.15, 0.2) is 30.3 Å². The van der Waals surface area contributed by atoms with Gasteiger partial charge in [0.05, 0.1) is 0 Å². The molecule has 4 nitrogen and oxygen atoms in total. The van der Waals surface area contributed by atoms with Crippen molar-refractivity contribution < 1.29 is 9.59 Å². The van der Waals surface area contributed by atoms with Crippen LogP contribution in [0.3, 0.4) is 0 Å². The average Bonchev–Trinajstić information content (AvgIpc) is 2.86. The van der Waals surface area contributed by atoms with Crippen molar-refractivity contribution in [2.24, 2.45) is 17.3 Å². The molecule has 0 aromatic heterocycles. The van der Waals surface area contributed by atoms with Crippen molar-refractivity contribution in [3.05, 3.63) is 35.9 Å². The highest BCUT2D eigenvalue weighted by Gasteiger charge is 2.45. The number of nitrogens with one attached hydrogen (secondary N) is 2. The molecule has 0 spiro atoms. The van der Waals surface area contributed by atoms with Crippen molar-refractivity contribution in [2.75, 3.05) is 13.1 Å². The number of carbonyl (C=O) groups is 2. The topological polar surface area (TPSA) is 58.2 Å². The highest BCUT2D eigenvalue weighted by Crippen LogP contribution is 2.35. The van der Waals surface area contributed by atoms with Gasteiger partial charge in [-0.1, -0.05) is 51.1 Å². The quantitative estimate of drug-likeness (QED) is 0.647. The highest BCUT2D eigenvalue weighted by atomic mass is 16.2. The highest BCUT2D eigenvalue weighted by molar-refractivity contribution is 6.02. The Morgan fingerprint density at radius 3 is 2.59 bits per heavy atom. The molecule has 1 aliphatic heterocycles. The van der Waals surface area contributed by atoms with Crippen LogP contribution in [0.4, 0.5) is 0 Å². The monoisotopic (exact) mass is 302 g/mol. The molecule has 1 fully saturated rings. The molecule has 0 saturated carbocycles. The van der Waals surface area contributed by atoms with E-state index in [1.165, 1.54) is 5.56 Å². The van der Waals surface area contributed by atoms with Crippen molar-refractivity contribution in [1.29, 1.82) is 0 Å². The van der Waals surface area contributed by atoms with Crippen molar-refractivity contribution in [3.63, 3.8) is 0 Å². The van der Waals surface area contributed by atoms with Crippen molar-refractivity contribution >= 4 is 11.8 Å². The predicted octanol–water partition coefficient (Wildman–Crippen LogP) is 2.14. The molecule has 2 amide bonds. The van der Waals surface area contributed by atoms with Gasteiger partial charge >= 0.3 is 0 Å². The van der Waals surface area contributed by atoms with E-state index in [0.717, 1.165) is 12.8 Å². The lowest BCUT2D eigenvalue weighted by Gasteiger charge is -2.29. The van der Waals surface area contributed by atoms with E-state index in [1.54, 1.807) is 0 Å². The van der Waals surface area contributed by atoms with Crippen LogP contribution in [-0.2, 0) is 16.0 Å². The van der Waals surface area contributed by atoms with Crippen LogP contribution in [0.2, 0.25) is 0 Å². The van der Waals surface area contributed by atoms with E-state index in [0.29, 0.717) is 13.1 Å². The first-order valence-corrected chi connectivity index (χ1v) is 7.99. The lowest BCUT2D eigenvalue weighted by molar-refractivity contribution is -0.135. The van der Waals surface area contributed by atoms with Crippen LogP contribution in [0, 0.1) is 17.3 Å². The molecule has 1 aromatic rings. The Bertz CT molecular complexity index is 520. The standard InChI is InChI=1S/C18H26N2O2/c1-18(2,3)14-12-20-17(22)15(14)16(21)19-11-7-10-13-8-5-4-6-9-13/h4-6,8-9,14-15H,7,10-12H2,1-3H3,(H,19,21)(H,20,22)/t14-,15+/m0/s1. The zero-order valence-electron chi connectivity index (χ0n) is 13.7. The lowest BCUT2D eigenvalue weighted by Crippen LogP contribution is -2.41. The minimum Gasteiger partial charge on any atom is -0.355 e. The summed E-state index contributed by atoms with van der Waals surface area (Å²) >= 11 is 0. The minimum atomic E-state index is -0.559. The maximum atomic E-state index is 12.4. The second-order valence-electron chi connectivity index (χ2n) is 7.08. The molecule has 22 heavy (non-hydrogen) atoms. The van der Waals surface area contributed by atoms with Gasteiger partial charge in [0.25, 0.3) is 0 Å². The first-order chi connectivity index (χ1) is 10.4. The second-order valence-corrected chi connectivity index (χ2v) is 7.08. The summed E-state index contributed by atoms with van der Waals surface area (Å²) in [5.74, 6) is -0.783. The van der Waals surface area contributed by atoms with Gasteiger partial charge in [-0.2, -0.15) is 0 Å². The third kappa shape index (κ3) is 4.09. The van der Waals surface area contributed by atoms with Gasteiger partial charge in [0.2, 0.25) is 11.8 Å². The van der Waals surface area contributed by atoms with Crippen LogP contribution in [0.25, 0.3) is 0 Å². The molecule has 0 aliphatic carbocycles. The summed E-state index contributed by atoms with van der Waals surface area (Å²) in [5, 5.41) is 5.75. The van der Waals surface area contributed by atoms with Crippen molar-refractivity contribution in [1.82, 2.24) is 10.6 Å². The molecule has 1 saturated heterocycles. The number of carbonyl (C=O) groups excluding carboxylic acids is 2. The van der Waals surface area contributed by atoms with Gasteiger partial charge in [-0.15, -0.1) is 0 Å². The molecule has 1 heterocycles. The normalized spacial score (nSPS) is 21.5. The second kappa shape index (κ2) is 6.95.